The third-order valence-corrected chi connectivity index (χ3v) is 4.94. The molecule has 8 heteroatoms. The van der Waals surface area contributed by atoms with Crippen LogP contribution in [0.15, 0.2) is 52.2 Å². The number of anilines is 1. The van der Waals surface area contributed by atoms with Gasteiger partial charge in [-0.05, 0) is 42.7 Å². The van der Waals surface area contributed by atoms with Crippen molar-refractivity contribution in [2.24, 2.45) is 0 Å². The molecule has 1 saturated heterocycles. The molecule has 144 valence electrons. The molecule has 28 heavy (non-hydrogen) atoms. The fourth-order valence-corrected chi connectivity index (χ4v) is 3.49. The zero-order valence-corrected chi connectivity index (χ0v) is 15.4. The number of pyridine rings is 1. The van der Waals surface area contributed by atoms with Crippen LogP contribution in [0.4, 0.5) is 5.82 Å². The number of carbonyl (C=O) groups excluding carboxylic acids is 1. The predicted octanol–water partition coefficient (Wildman–Crippen LogP) is 1.00. The highest BCUT2D eigenvalue weighted by Gasteiger charge is 2.14. The van der Waals surface area contributed by atoms with Gasteiger partial charge in [-0.25, -0.2) is 9.78 Å². The van der Waals surface area contributed by atoms with Crippen molar-refractivity contribution in [2.75, 3.05) is 18.0 Å². The largest absolute Gasteiger partial charge is 0.357 e. The average Bonchev–Trinajstić information content (AvgIpc) is 3.25. The molecular weight excluding hydrogens is 358 g/mol. The van der Waals surface area contributed by atoms with Crippen molar-refractivity contribution in [3.63, 3.8) is 0 Å². The summed E-state index contributed by atoms with van der Waals surface area (Å²) in [4.78, 5) is 45.4. The second-order valence-corrected chi connectivity index (χ2v) is 6.86. The Morgan fingerprint density at radius 2 is 1.93 bits per heavy atom. The van der Waals surface area contributed by atoms with Gasteiger partial charge in [0.2, 0.25) is 5.91 Å². The van der Waals surface area contributed by atoms with Crippen LogP contribution in [-0.2, 0) is 17.9 Å². The van der Waals surface area contributed by atoms with Crippen LogP contribution in [0.25, 0.3) is 10.9 Å². The highest BCUT2D eigenvalue weighted by atomic mass is 16.2. The van der Waals surface area contributed by atoms with Crippen LogP contribution < -0.4 is 21.5 Å². The molecule has 0 aliphatic carbocycles. The molecule has 2 N–H and O–H groups in total. The Hall–Kier alpha value is -3.42. The number of carbonyl (C=O) groups is 1. The second-order valence-electron chi connectivity index (χ2n) is 6.86. The smallest absolute Gasteiger partial charge is 0.329 e. The number of rotatable bonds is 5. The molecule has 0 saturated carbocycles. The lowest BCUT2D eigenvalue weighted by atomic mass is 10.2. The zero-order valence-electron chi connectivity index (χ0n) is 15.4. The summed E-state index contributed by atoms with van der Waals surface area (Å²) < 4.78 is 1.27. The Morgan fingerprint density at radius 1 is 1.14 bits per heavy atom. The number of nitrogens with zero attached hydrogens (tertiary/aromatic N) is 3. The van der Waals surface area contributed by atoms with E-state index in [1.807, 2.05) is 12.1 Å². The predicted molar refractivity (Wildman–Crippen MR) is 106 cm³/mol. The number of fused-ring (bicyclic) bond motifs is 1. The first-order chi connectivity index (χ1) is 13.6. The number of benzene rings is 1. The van der Waals surface area contributed by atoms with E-state index < -0.39 is 11.2 Å². The molecule has 0 spiro atoms. The van der Waals surface area contributed by atoms with Crippen molar-refractivity contribution >= 4 is 22.6 Å². The molecule has 1 aliphatic rings. The Morgan fingerprint density at radius 3 is 2.75 bits per heavy atom. The summed E-state index contributed by atoms with van der Waals surface area (Å²) in [5.41, 5.74) is 0.332. The van der Waals surface area contributed by atoms with Crippen molar-refractivity contribution in [1.29, 1.82) is 0 Å². The quantitative estimate of drug-likeness (QED) is 0.689. The number of para-hydroxylation sites is 1. The number of amides is 1. The molecule has 3 aromatic rings. The average molecular weight is 379 g/mol. The van der Waals surface area contributed by atoms with Crippen molar-refractivity contribution in [3.8, 4) is 0 Å². The number of aromatic amines is 1. The lowest BCUT2D eigenvalue weighted by Crippen LogP contribution is -2.36. The standard InChI is InChI=1S/C20H21N5O3/c26-18(13-25-16-6-2-1-5-15(16)19(27)23-20(25)28)22-12-14-7-8-21-17(11-14)24-9-3-4-10-24/h1-2,5-8,11H,3-4,9-10,12-13H2,(H,22,26)(H,23,27,28). The van der Waals surface area contributed by atoms with Gasteiger partial charge in [-0.15, -0.1) is 0 Å². The molecule has 0 radical (unpaired) electrons. The van der Waals surface area contributed by atoms with Gasteiger partial charge in [0.25, 0.3) is 5.56 Å². The van der Waals surface area contributed by atoms with Crippen molar-refractivity contribution < 1.29 is 4.79 Å². The Kier molecular flexibility index (Phi) is 4.92. The van der Waals surface area contributed by atoms with E-state index in [-0.39, 0.29) is 12.5 Å². The minimum absolute atomic E-state index is 0.166. The first-order valence-electron chi connectivity index (χ1n) is 9.30. The summed E-state index contributed by atoms with van der Waals surface area (Å²) in [6, 6.07) is 10.6. The van der Waals surface area contributed by atoms with E-state index in [2.05, 4.69) is 20.2 Å². The maximum atomic E-state index is 12.4. The fraction of sp³-hybridized carbons (Fsp3) is 0.300. The molecule has 0 bridgehead atoms. The van der Waals surface area contributed by atoms with Crippen LogP contribution in [0.3, 0.4) is 0 Å². The third kappa shape index (κ3) is 3.66. The van der Waals surface area contributed by atoms with E-state index in [1.54, 1.807) is 30.5 Å². The maximum absolute atomic E-state index is 12.4. The summed E-state index contributed by atoms with van der Waals surface area (Å²) in [6.45, 7) is 2.19. The van der Waals surface area contributed by atoms with Crippen LogP contribution in [0.2, 0.25) is 0 Å². The maximum Gasteiger partial charge on any atom is 0.329 e. The molecule has 3 heterocycles. The van der Waals surface area contributed by atoms with Crippen molar-refractivity contribution in [1.82, 2.24) is 19.9 Å². The monoisotopic (exact) mass is 379 g/mol. The lowest BCUT2D eigenvalue weighted by molar-refractivity contribution is -0.121. The second kappa shape index (κ2) is 7.67. The number of aromatic nitrogens is 3. The minimum Gasteiger partial charge on any atom is -0.357 e. The van der Waals surface area contributed by atoms with Gasteiger partial charge in [0.1, 0.15) is 12.4 Å². The minimum atomic E-state index is -0.598. The van der Waals surface area contributed by atoms with E-state index in [1.165, 1.54) is 17.4 Å². The lowest BCUT2D eigenvalue weighted by Gasteiger charge is -2.17. The van der Waals surface area contributed by atoms with Crippen LogP contribution in [0.5, 0.6) is 0 Å². The Labute approximate surface area is 160 Å². The van der Waals surface area contributed by atoms with E-state index in [9.17, 15) is 14.4 Å². The van der Waals surface area contributed by atoms with Gasteiger partial charge < -0.3 is 10.2 Å². The molecule has 4 rings (SSSR count). The summed E-state index contributed by atoms with van der Waals surface area (Å²) in [7, 11) is 0. The third-order valence-electron chi connectivity index (χ3n) is 4.94. The zero-order chi connectivity index (χ0) is 19.5. The van der Waals surface area contributed by atoms with Crippen molar-refractivity contribution in [3.05, 3.63) is 69.0 Å². The van der Waals surface area contributed by atoms with Crippen LogP contribution in [0.1, 0.15) is 18.4 Å². The van der Waals surface area contributed by atoms with Gasteiger partial charge in [-0.1, -0.05) is 12.1 Å². The molecule has 1 amide bonds. The fourth-order valence-electron chi connectivity index (χ4n) is 3.49. The van der Waals surface area contributed by atoms with Gasteiger partial charge in [0, 0.05) is 25.8 Å². The molecule has 1 aromatic carbocycles. The summed E-state index contributed by atoms with van der Waals surface area (Å²) in [5.74, 6) is 0.617. The molecule has 0 atom stereocenters. The van der Waals surface area contributed by atoms with Gasteiger partial charge in [-0.3, -0.25) is 19.1 Å². The van der Waals surface area contributed by atoms with Gasteiger partial charge in [-0.2, -0.15) is 0 Å². The molecule has 8 nitrogen and oxygen atoms in total. The van der Waals surface area contributed by atoms with Crippen LogP contribution in [0, 0.1) is 0 Å². The topological polar surface area (TPSA) is 100 Å². The number of nitrogens with one attached hydrogen (secondary N) is 2. The van der Waals surface area contributed by atoms with Crippen LogP contribution in [-0.4, -0.2) is 33.5 Å². The SMILES string of the molecule is O=C(Cn1c(=O)[nH]c(=O)c2ccccc21)NCc1ccnc(N2CCCC2)c1. The first kappa shape index (κ1) is 18.0. The molecule has 1 aliphatic heterocycles. The van der Waals surface area contributed by atoms with E-state index in [4.69, 9.17) is 0 Å². The Balaban J connectivity index is 1.47. The molecule has 1 fully saturated rings. The summed E-state index contributed by atoms with van der Waals surface area (Å²) in [5, 5.41) is 3.21. The Bertz CT molecular complexity index is 1130. The highest BCUT2D eigenvalue weighted by Crippen LogP contribution is 2.18. The van der Waals surface area contributed by atoms with Crippen LogP contribution >= 0.6 is 0 Å². The van der Waals surface area contributed by atoms with Gasteiger partial charge in [0.15, 0.2) is 0 Å². The van der Waals surface area contributed by atoms with Gasteiger partial charge >= 0.3 is 5.69 Å². The summed E-state index contributed by atoms with van der Waals surface area (Å²) >= 11 is 0. The van der Waals surface area contributed by atoms with Crippen molar-refractivity contribution in [2.45, 2.75) is 25.9 Å². The summed E-state index contributed by atoms with van der Waals surface area (Å²) in [6.07, 6.45) is 4.09. The highest BCUT2D eigenvalue weighted by molar-refractivity contribution is 5.81. The first-order valence-corrected chi connectivity index (χ1v) is 9.30. The van der Waals surface area contributed by atoms with E-state index >= 15 is 0 Å². The van der Waals surface area contributed by atoms with Gasteiger partial charge in [0.05, 0.1) is 10.9 Å². The number of hydrogen-bond acceptors (Lipinski definition) is 5. The number of H-pyrrole nitrogens is 1. The van der Waals surface area contributed by atoms with E-state index in [0.717, 1.165) is 24.5 Å². The normalized spacial score (nSPS) is 13.8. The number of hydrogen-bond donors (Lipinski definition) is 2. The van der Waals surface area contributed by atoms with E-state index in [0.29, 0.717) is 17.4 Å². The molecule has 2 aromatic heterocycles. The molecule has 0 unspecified atom stereocenters. The molecular formula is C20H21N5O3.